The highest BCUT2D eigenvalue weighted by Gasteiger charge is 2.41. The van der Waals surface area contributed by atoms with Gasteiger partial charge in [0.15, 0.2) is 0 Å². The van der Waals surface area contributed by atoms with E-state index in [9.17, 15) is 5.11 Å². The Morgan fingerprint density at radius 1 is 1.40 bits per heavy atom. The first-order valence-electron chi connectivity index (χ1n) is 5.27. The number of hydrogen-bond acceptors (Lipinski definition) is 3. The van der Waals surface area contributed by atoms with Crippen molar-refractivity contribution in [1.82, 2.24) is 0 Å². The van der Waals surface area contributed by atoms with E-state index in [1.165, 1.54) is 0 Å². The fraction of sp³-hybridized carbons (Fsp3) is 0.500. The summed E-state index contributed by atoms with van der Waals surface area (Å²) >= 11 is 0. The summed E-state index contributed by atoms with van der Waals surface area (Å²) in [6, 6.07) is 7.50. The Bertz CT molecular complexity index is 347. The monoisotopic (exact) mass is 207 g/mol. The standard InChI is InChI=1S/C12H17NO2/c1-15-10-6-3-2-5-9(10)11(14)12(13)7-4-8-12/h2-3,5-6,11,14H,4,7-8,13H2,1H3. The van der Waals surface area contributed by atoms with Crippen LogP contribution < -0.4 is 10.5 Å². The van der Waals surface area contributed by atoms with Gasteiger partial charge in [0.25, 0.3) is 0 Å². The smallest absolute Gasteiger partial charge is 0.124 e. The molecule has 0 spiro atoms. The second-order valence-corrected chi connectivity index (χ2v) is 4.23. The number of ether oxygens (including phenoxy) is 1. The van der Waals surface area contributed by atoms with E-state index in [4.69, 9.17) is 10.5 Å². The van der Waals surface area contributed by atoms with E-state index >= 15 is 0 Å². The normalized spacial score (nSPS) is 20.5. The van der Waals surface area contributed by atoms with Crippen LogP contribution in [0.3, 0.4) is 0 Å². The summed E-state index contributed by atoms with van der Waals surface area (Å²) < 4.78 is 5.21. The average Bonchev–Trinajstić information content (AvgIpc) is 2.25. The minimum atomic E-state index is -0.623. The first-order valence-corrected chi connectivity index (χ1v) is 5.27. The summed E-state index contributed by atoms with van der Waals surface area (Å²) in [5.74, 6) is 0.710. The van der Waals surface area contributed by atoms with Crippen molar-refractivity contribution in [2.75, 3.05) is 7.11 Å². The van der Waals surface area contributed by atoms with Crippen molar-refractivity contribution in [3.63, 3.8) is 0 Å². The Kier molecular flexibility index (Phi) is 2.67. The summed E-state index contributed by atoms with van der Waals surface area (Å²) in [5, 5.41) is 10.2. The molecule has 82 valence electrons. The van der Waals surface area contributed by atoms with E-state index < -0.39 is 11.6 Å². The Morgan fingerprint density at radius 2 is 2.07 bits per heavy atom. The van der Waals surface area contributed by atoms with Crippen LogP contribution in [0.15, 0.2) is 24.3 Å². The number of rotatable bonds is 3. The lowest BCUT2D eigenvalue weighted by molar-refractivity contribution is 0.0321. The first-order chi connectivity index (χ1) is 7.17. The molecule has 1 aliphatic rings. The molecule has 0 amide bonds. The summed E-state index contributed by atoms with van der Waals surface area (Å²) in [5.41, 5.74) is 6.44. The summed E-state index contributed by atoms with van der Waals surface area (Å²) in [6.45, 7) is 0. The molecule has 1 atom stereocenters. The molecule has 1 aromatic carbocycles. The van der Waals surface area contributed by atoms with Crippen LogP contribution in [0.1, 0.15) is 30.9 Å². The van der Waals surface area contributed by atoms with Crippen molar-refractivity contribution >= 4 is 0 Å². The van der Waals surface area contributed by atoms with Gasteiger partial charge in [-0.25, -0.2) is 0 Å². The van der Waals surface area contributed by atoms with Crippen molar-refractivity contribution in [2.45, 2.75) is 30.9 Å². The molecule has 15 heavy (non-hydrogen) atoms. The van der Waals surface area contributed by atoms with Crippen LogP contribution in [0, 0.1) is 0 Å². The number of aliphatic hydroxyl groups is 1. The maximum atomic E-state index is 10.2. The Balaban J connectivity index is 2.28. The van der Waals surface area contributed by atoms with E-state index in [1.54, 1.807) is 7.11 Å². The Morgan fingerprint density at radius 3 is 2.60 bits per heavy atom. The number of aliphatic hydroxyl groups excluding tert-OH is 1. The molecule has 1 fully saturated rings. The van der Waals surface area contributed by atoms with Crippen LogP contribution in [0.2, 0.25) is 0 Å². The van der Waals surface area contributed by atoms with Gasteiger partial charge in [-0.2, -0.15) is 0 Å². The molecule has 3 nitrogen and oxygen atoms in total. The Hall–Kier alpha value is -1.06. The average molecular weight is 207 g/mol. The SMILES string of the molecule is COc1ccccc1C(O)C1(N)CCC1. The van der Waals surface area contributed by atoms with Crippen molar-refractivity contribution in [3.8, 4) is 5.75 Å². The van der Waals surface area contributed by atoms with Crippen LogP contribution in [0.4, 0.5) is 0 Å². The van der Waals surface area contributed by atoms with Gasteiger partial charge >= 0.3 is 0 Å². The highest BCUT2D eigenvalue weighted by Crippen LogP contribution is 2.42. The molecule has 0 bridgehead atoms. The van der Waals surface area contributed by atoms with E-state index in [1.807, 2.05) is 24.3 Å². The molecule has 3 N–H and O–H groups in total. The molecule has 0 saturated heterocycles. The van der Waals surface area contributed by atoms with Crippen molar-refractivity contribution in [2.24, 2.45) is 5.73 Å². The molecule has 0 heterocycles. The van der Waals surface area contributed by atoms with Crippen LogP contribution in [0.25, 0.3) is 0 Å². The second-order valence-electron chi connectivity index (χ2n) is 4.23. The molecule has 1 saturated carbocycles. The molecule has 0 radical (unpaired) electrons. The van der Waals surface area contributed by atoms with Gasteiger partial charge in [0.05, 0.1) is 7.11 Å². The highest BCUT2D eigenvalue weighted by molar-refractivity contribution is 5.37. The summed E-state index contributed by atoms with van der Waals surface area (Å²) in [4.78, 5) is 0. The van der Waals surface area contributed by atoms with Gasteiger partial charge in [-0.15, -0.1) is 0 Å². The lowest BCUT2D eigenvalue weighted by Crippen LogP contribution is -2.51. The maximum Gasteiger partial charge on any atom is 0.124 e. The second kappa shape index (κ2) is 3.83. The molecule has 3 heteroatoms. The van der Waals surface area contributed by atoms with E-state index in [2.05, 4.69) is 0 Å². The van der Waals surface area contributed by atoms with Crippen LogP contribution >= 0.6 is 0 Å². The van der Waals surface area contributed by atoms with Crippen LogP contribution in [-0.2, 0) is 0 Å². The molecule has 1 unspecified atom stereocenters. The van der Waals surface area contributed by atoms with Gasteiger partial charge in [-0.3, -0.25) is 0 Å². The third-order valence-electron chi connectivity index (χ3n) is 3.26. The van der Waals surface area contributed by atoms with Crippen molar-refractivity contribution in [3.05, 3.63) is 29.8 Å². The van der Waals surface area contributed by atoms with Gasteiger partial charge < -0.3 is 15.6 Å². The van der Waals surface area contributed by atoms with E-state index in [-0.39, 0.29) is 0 Å². The third kappa shape index (κ3) is 1.73. The minimum absolute atomic E-state index is 0.450. The van der Waals surface area contributed by atoms with Crippen molar-refractivity contribution < 1.29 is 9.84 Å². The fourth-order valence-corrected chi connectivity index (χ4v) is 2.06. The van der Waals surface area contributed by atoms with Crippen molar-refractivity contribution in [1.29, 1.82) is 0 Å². The molecule has 2 rings (SSSR count). The highest BCUT2D eigenvalue weighted by atomic mass is 16.5. The molecular formula is C12H17NO2. The molecule has 0 aromatic heterocycles. The molecule has 1 aromatic rings. The van der Waals surface area contributed by atoms with Crippen LogP contribution in [0.5, 0.6) is 5.75 Å². The Labute approximate surface area is 89.9 Å². The fourth-order valence-electron chi connectivity index (χ4n) is 2.06. The van der Waals surface area contributed by atoms with Crippen LogP contribution in [-0.4, -0.2) is 17.8 Å². The number of methoxy groups -OCH3 is 1. The van der Waals surface area contributed by atoms with E-state index in [0.717, 1.165) is 24.8 Å². The van der Waals surface area contributed by atoms with Gasteiger partial charge in [-0.1, -0.05) is 18.2 Å². The van der Waals surface area contributed by atoms with Gasteiger partial charge in [0.2, 0.25) is 0 Å². The lowest BCUT2D eigenvalue weighted by atomic mass is 9.71. The van der Waals surface area contributed by atoms with Gasteiger partial charge in [0.1, 0.15) is 11.9 Å². The largest absolute Gasteiger partial charge is 0.496 e. The van der Waals surface area contributed by atoms with E-state index in [0.29, 0.717) is 5.75 Å². The maximum absolute atomic E-state index is 10.2. The predicted molar refractivity (Wildman–Crippen MR) is 58.7 cm³/mol. The minimum Gasteiger partial charge on any atom is -0.496 e. The molecular weight excluding hydrogens is 190 g/mol. The quantitative estimate of drug-likeness (QED) is 0.791. The number of para-hydroxylation sites is 1. The summed E-state index contributed by atoms with van der Waals surface area (Å²) in [6.07, 6.45) is 2.24. The third-order valence-corrected chi connectivity index (χ3v) is 3.26. The molecule has 0 aliphatic heterocycles. The lowest BCUT2D eigenvalue weighted by Gasteiger charge is -2.42. The number of benzene rings is 1. The van der Waals surface area contributed by atoms with Gasteiger partial charge in [-0.05, 0) is 25.3 Å². The zero-order valence-electron chi connectivity index (χ0n) is 8.94. The molecule has 1 aliphatic carbocycles. The van der Waals surface area contributed by atoms with Gasteiger partial charge in [0, 0.05) is 11.1 Å². The number of nitrogens with two attached hydrogens (primary N) is 1. The zero-order chi connectivity index (χ0) is 10.9. The first kappa shape index (κ1) is 10.5. The summed E-state index contributed by atoms with van der Waals surface area (Å²) in [7, 11) is 1.61. The predicted octanol–water partition coefficient (Wildman–Crippen LogP) is 1.61. The number of hydrogen-bond donors (Lipinski definition) is 2. The topological polar surface area (TPSA) is 55.5 Å². The zero-order valence-corrected chi connectivity index (χ0v) is 8.94.